The third-order valence-electron chi connectivity index (χ3n) is 0. The molecule has 45 valence electrons. The molecule has 1 radical (unpaired) electrons. The maximum atomic E-state index is 6.25. The van der Waals surface area contributed by atoms with Crippen LogP contribution in [-0.4, -0.2) is 0 Å². The molecule has 0 fully saturated rings. The van der Waals surface area contributed by atoms with Crippen LogP contribution in [0.15, 0.2) is 0 Å². The summed E-state index contributed by atoms with van der Waals surface area (Å²) < 4.78 is 0. The van der Waals surface area contributed by atoms with E-state index in [0.717, 1.165) is 0 Å². The molecule has 0 atom stereocenters. The second-order valence-corrected chi connectivity index (χ2v) is 0. The first-order chi connectivity index (χ1) is 2.00. The van der Waals surface area contributed by atoms with E-state index in [4.69, 9.17) is 23.7 Å². The standard InChI is InChI=1S/2CN.2ClH.Cu.2Li/c2*1-2;;;;;/h;;2*1H;;;/q2*-1;;;+2;2*+1/p-2. The van der Waals surface area contributed by atoms with Crippen LogP contribution in [0, 0.1) is 23.7 Å². The van der Waals surface area contributed by atoms with Gasteiger partial charge in [0.15, 0.2) is 0 Å². The first kappa shape index (κ1) is 82.4. The Hall–Kier alpha value is 1.27. The van der Waals surface area contributed by atoms with E-state index in [0.29, 0.717) is 0 Å². The maximum absolute atomic E-state index is 6.25. The summed E-state index contributed by atoms with van der Waals surface area (Å²) in [5.41, 5.74) is 0. The smallest absolute Gasteiger partial charge is 1.00 e. The molecular formula is C2Cl2CuLi2N2. The Kier molecular flexibility index (Phi) is 3580. The summed E-state index contributed by atoms with van der Waals surface area (Å²) in [6.45, 7) is 9.50. The van der Waals surface area contributed by atoms with Crippen molar-refractivity contribution in [2.24, 2.45) is 0 Å². The van der Waals surface area contributed by atoms with Crippen molar-refractivity contribution in [3.8, 4) is 0 Å². The maximum Gasteiger partial charge on any atom is 2.00 e. The van der Waals surface area contributed by atoms with Gasteiger partial charge >= 0.3 is 54.8 Å². The van der Waals surface area contributed by atoms with Crippen molar-refractivity contribution >= 4 is 0 Å². The van der Waals surface area contributed by atoms with Gasteiger partial charge in [0.05, 0.1) is 0 Å². The van der Waals surface area contributed by atoms with E-state index in [1.165, 1.54) is 0 Å². The van der Waals surface area contributed by atoms with Crippen LogP contribution in [0.4, 0.5) is 0 Å². The van der Waals surface area contributed by atoms with Gasteiger partial charge < -0.3 is 48.5 Å². The molecule has 0 aliphatic rings. The second kappa shape index (κ2) is 391. The molecule has 2 nitrogen and oxygen atoms in total. The van der Waals surface area contributed by atoms with Crippen molar-refractivity contribution < 1.29 is 79.6 Å². The van der Waals surface area contributed by atoms with Gasteiger partial charge in [0.25, 0.3) is 0 Å². The summed E-state index contributed by atoms with van der Waals surface area (Å²) in [4.78, 5) is 0. The van der Waals surface area contributed by atoms with Gasteiger partial charge in [-0.05, 0) is 0 Å². The molecule has 0 N–H and O–H groups in total. The zero-order valence-electron chi connectivity index (χ0n) is 4.95. The molecule has 0 saturated carbocycles. The van der Waals surface area contributed by atoms with Crippen LogP contribution in [0.5, 0.6) is 0 Å². The quantitative estimate of drug-likeness (QED) is 0.288. The van der Waals surface area contributed by atoms with Crippen molar-refractivity contribution in [3.05, 3.63) is 13.1 Å². The average molecular weight is 200 g/mol. The Balaban J connectivity index is -0.00000000114. The summed E-state index contributed by atoms with van der Waals surface area (Å²) in [5.74, 6) is 0. The summed E-state index contributed by atoms with van der Waals surface area (Å²) in [5, 5.41) is 12.5. The molecule has 0 aliphatic heterocycles. The molecule has 0 aliphatic carbocycles. The minimum Gasteiger partial charge on any atom is -1.00 e. The van der Waals surface area contributed by atoms with Gasteiger partial charge in [-0.25, -0.2) is 0 Å². The Morgan fingerprint density at radius 1 is 0.667 bits per heavy atom. The van der Waals surface area contributed by atoms with Crippen molar-refractivity contribution in [1.82, 2.24) is 0 Å². The molecule has 7 heteroatoms. The average Bonchev–Trinajstić information content (AvgIpc) is 1.50. The van der Waals surface area contributed by atoms with E-state index >= 15 is 0 Å². The van der Waals surface area contributed by atoms with Gasteiger partial charge in [-0.1, -0.05) is 0 Å². The van der Waals surface area contributed by atoms with Crippen LogP contribution in [0.25, 0.3) is 0 Å². The van der Waals surface area contributed by atoms with E-state index in [9.17, 15) is 0 Å². The van der Waals surface area contributed by atoms with Gasteiger partial charge in [0, 0.05) is 0 Å². The van der Waals surface area contributed by atoms with Gasteiger partial charge in [0.1, 0.15) is 0 Å². The molecule has 0 rings (SSSR count). The molecule has 0 bridgehead atoms. The number of halogens is 2. The minimum atomic E-state index is 0. The molecule has 0 heterocycles. The topological polar surface area (TPSA) is 47.6 Å². The molecule has 0 unspecified atom stereocenters. The van der Waals surface area contributed by atoms with Crippen LogP contribution in [-0.2, 0) is 17.1 Å². The van der Waals surface area contributed by atoms with Crippen molar-refractivity contribution in [3.63, 3.8) is 0 Å². The number of rotatable bonds is 0. The normalized spacial score (nSPS) is 0.444. The zero-order chi connectivity index (χ0) is 4.00. The Bertz CT molecular complexity index is 36.0. The molecule has 0 aromatic heterocycles. The minimum absolute atomic E-state index is 0. The van der Waals surface area contributed by atoms with E-state index < -0.39 is 0 Å². The fourth-order valence-corrected chi connectivity index (χ4v) is 0. The van der Waals surface area contributed by atoms with Gasteiger partial charge in [-0.15, -0.1) is 0 Å². The van der Waals surface area contributed by atoms with E-state index in [1.54, 1.807) is 0 Å². The summed E-state index contributed by atoms with van der Waals surface area (Å²) in [6, 6.07) is 0. The van der Waals surface area contributed by atoms with E-state index in [-0.39, 0.29) is 79.6 Å². The predicted molar refractivity (Wildman–Crippen MR) is 9.94 cm³/mol. The fraction of sp³-hybridized carbons (Fsp3) is 0. The molecule has 0 spiro atoms. The summed E-state index contributed by atoms with van der Waals surface area (Å²) in [7, 11) is 0. The van der Waals surface area contributed by atoms with E-state index in [2.05, 4.69) is 0 Å². The van der Waals surface area contributed by atoms with Crippen molar-refractivity contribution in [2.45, 2.75) is 0 Å². The first-order valence-electron chi connectivity index (χ1n) is 0.447. The van der Waals surface area contributed by atoms with E-state index in [1.807, 2.05) is 0 Å². The number of nitrogens with zero attached hydrogens (tertiary/aromatic N) is 2. The molecule has 0 aromatic rings. The van der Waals surface area contributed by atoms with Crippen LogP contribution < -0.4 is 62.5 Å². The molecule has 0 aromatic carbocycles. The Morgan fingerprint density at radius 2 is 0.667 bits per heavy atom. The van der Waals surface area contributed by atoms with Crippen LogP contribution >= 0.6 is 0 Å². The third-order valence-corrected chi connectivity index (χ3v) is 0. The molecule has 0 amide bonds. The summed E-state index contributed by atoms with van der Waals surface area (Å²) >= 11 is 0. The SMILES string of the molecule is [C-]#N.[C-]#N.[Cl-].[Cl-].[Cu+2].[Li+].[Li+]. The first-order valence-corrected chi connectivity index (χ1v) is 0.447. The van der Waals surface area contributed by atoms with Gasteiger partial charge in [0.2, 0.25) is 0 Å². The van der Waals surface area contributed by atoms with Gasteiger partial charge in [-0.2, -0.15) is 0 Å². The molecular weight excluding hydrogens is 200 g/mol. The Labute approximate surface area is 102 Å². The van der Waals surface area contributed by atoms with Crippen LogP contribution in [0.3, 0.4) is 0 Å². The molecule has 0 saturated heterocycles. The monoisotopic (exact) mass is 199 g/mol. The number of hydrogen-bond acceptors (Lipinski definition) is 2. The van der Waals surface area contributed by atoms with Crippen LogP contribution in [0.2, 0.25) is 0 Å². The summed E-state index contributed by atoms with van der Waals surface area (Å²) in [6.07, 6.45) is 0. The Morgan fingerprint density at radius 3 is 0.667 bits per heavy atom. The fourth-order valence-electron chi connectivity index (χ4n) is 0. The number of hydrogen-bond donors (Lipinski definition) is 0. The van der Waals surface area contributed by atoms with Crippen molar-refractivity contribution in [2.75, 3.05) is 0 Å². The third kappa shape index (κ3) is 302. The molecule has 9 heavy (non-hydrogen) atoms. The largest absolute Gasteiger partial charge is 2.00 e. The van der Waals surface area contributed by atoms with Crippen LogP contribution in [0.1, 0.15) is 0 Å². The van der Waals surface area contributed by atoms with Crippen molar-refractivity contribution in [1.29, 1.82) is 10.5 Å². The second-order valence-electron chi connectivity index (χ2n) is 0. The van der Waals surface area contributed by atoms with Gasteiger partial charge in [-0.3, -0.25) is 0 Å². The predicted octanol–water partition coefficient (Wildman–Crippen LogP) is -11.8. The zero-order valence-corrected chi connectivity index (χ0v) is 7.41.